The van der Waals surface area contributed by atoms with Gasteiger partial charge < -0.3 is 9.47 Å². The molecule has 2 nitrogen and oxygen atoms in total. The van der Waals surface area contributed by atoms with Gasteiger partial charge in [0.15, 0.2) is 11.5 Å². The Bertz CT molecular complexity index is 469. The third-order valence-electron chi connectivity index (χ3n) is 2.87. The Morgan fingerprint density at radius 1 is 1.39 bits per heavy atom. The van der Waals surface area contributed by atoms with Gasteiger partial charge in [0.1, 0.15) is 13.2 Å². The van der Waals surface area contributed by atoms with Gasteiger partial charge in [-0.2, -0.15) is 0 Å². The van der Waals surface area contributed by atoms with Crippen molar-refractivity contribution >= 4 is 33.6 Å². The molecule has 0 spiro atoms. The van der Waals surface area contributed by atoms with Crippen molar-refractivity contribution in [2.75, 3.05) is 19.1 Å². The highest BCUT2D eigenvalue weighted by Gasteiger charge is 2.16. The monoisotopic (exact) mass is 330 g/mol. The summed E-state index contributed by atoms with van der Waals surface area (Å²) in [6.45, 7) is 5.47. The Morgan fingerprint density at radius 2 is 2.11 bits per heavy atom. The van der Waals surface area contributed by atoms with Crippen LogP contribution in [0.25, 0.3) is 6.08 Å². The Balaban J connectivity index is 2.38. The van der Waals surface area contributed by atoms with E-state index < -0.39 is 0 Å². The molecule has 0 aliphatic carbocycles. The molecule has 1 aliphatic rings. The molecule has 1 aromatic rings. The van der Waals surface area contributed by atoms with Gasteiger partial charge in [-0.25, -0.2) is 0 Å². The largest absolute Gasteiger partial charge is 0.486 e. The molecule has 0 unspecified atom stereocenters. The molecule has 0 aromatic heterocycles. The molecule has 0 saturated heterocycles. The van der Waals surface area contributed by atoms with Crippen LogP contribution in [0.5, 0.6) is 11.5 Å². The van der Waals surface area contributed by atoms with Crippen LogP contribution in [0, 0.1) is 5.92 Å². The van der Waals surface area contributed by atoms with Gasteiger partial charge in [-0.05, 0) is 39.5 Å². The topological polar surface area (TPSA) is 18.5 Å². The molecule has 1 aromatic carbocycles. The summed E-state index contributed by atoms with van der Waals surface area (Å²) in [6.07, 6.45) is 2.11. The molecule has 0 saturated carbocycles. The zero-order chi connectivity index (χ0) is 13.1. The minimum absolute atomic E-state index is 0.439. The van der Waals surface area contributed by atoms with E-state index in [0.717, 1.165) is 21.5 Å². The third-order valence-corrected chi connectivity index (χ3v) is 3.76. The van der Waals surface area contributed by atoms with Crippen LogP contribution in [0.2, 0.25) is 0 Å². The number of ether oxygens (including phenoxy) is 2. The van der Waals surface area contributed by atoms with Crippen molar-refractivity contribution in [2.24, 2.45) is 5.92 Å². The molecule has 18 heavy (non-hydrogen) atoms. The predicted molar refractivity (Wildman–Crippen MR) is 78.7 cm³/mol. The zero-order valence-electron chi connectivity index (χ0n) is 10.5. The summed E-state index contributed by atoms with van der Waals surface area (Å²) in [5.74, 6) is 2.56. The summed E-state index contributed by atoms with van der Waals surface area (Å²) < 4.78 is 12.1. The fourth-order valence-electron chi connectivity index (χ4n) is 1.79. The lowest BCUT2D eigenvalue weighted by atomic mass is 10.0. The first-order valence-corrected chi connectivity index (χ1v) is 7.30. The van der Waals surface area contributed by atoms with Crippen LogP contribution < -0.4 is 9.47 Å². The standard InChI is InChI=1S/C14H16BrClO2/c1-9(2)11(8-16)5-10-6-12(15)14-13(7-10)17-3-4-18-14/h5-7,9H,3-4,8H2,1-2H3. The number of alkyl halides is 1. The van der Waals surface area contributed by atoms with Crippen molar-refractivity contribution in [3.63, 3.8) is 0 Å². The van der Waals surface area contributed by atoms with Crippen molar-refractivity contribution in [1.82, 2.24) is 0 Å². The summed E-state index contributed by atoms with van der Waals surface area (Å²) in [4.78, 5) is 0. The average molecular weight is 332 g/mol. The first-order valence-electron chi connectivity index (χ1n) is 5.97. The summed E-state index contributed by atoms with van der Waals surface area (Å²) in [5, 5.41) is 0. The number of rotatable bonds is 3. The molecule has 1 aliphatic heterocycles. The summed E-state index contributed by atoms with van der Waals surface area (Å²) in [6, 6.07) is 4.02. The lowest BCUT2D eigenvalue weighted by Crippen LogP contribution is -2.15. The molecular weight excluding hydrogens is 316 g/mol. The molecule has 0 fully saturated rings. The third kappa shape index (κ3) is 3.01. The van der Waals surface area contributed by atoms with Gasteiger partial charge in [0.05, 0.1) is 4.47 Å². The molecule has 2 rings (SSSR count). The molecule has 0 radical (unpaired) electrons. The first-order chi connectivity index (χ1) is 8.61. The maximum atomic E-state index is 5.96. The molecule has 1 heterocycles. The maximum Gasteiger partial charge on any atom is 0.175 e. The summed E-state index contributed by atoms with van der Waals surface area (Å²) in [5.41, 5.74) is 2.29. The van der Waals surface area contributed by atoms with Crippen molar-refractivity contribution in [1.29, 1.82) is 0 Å². The number of hydrogen-bond donors (Lipinski definition) is 0. The lowest BCUT2D eigenvalue weighted by molar-refractivity contribution is 0.170. The number of allylic oxidation sites excluding steroid dienone is 1. The van der Waals surface area contributed by atoms with E-state index in [-0.39, 0.29) is 0 Å². The smallest absolute Gasteiger partial charge is 0.175 e. The van der Waals surface area contributed by atoms with E-state index in [1.54, 1.807) is 0 Å². The first kappa shape index (κ1) is 13.8. The van der Waals surface area contributed by atoms with Crippen LogP contribution >= 0.6 is 27.5 Å². The van der Waals surface area contributed by atoms with Crippen molar-refractivity contribution in [2.45, 2.75) is 13.8 Å². The van der Waals surface area contributed by atoms with E-state index in [1.165, 1.54) is 5.57 Å². The van der Waals surface area contributed by atoms with Gasteiger partial charge in [0.25, 0.3) is 0 Å². The molecule has 0 bridgehead atoms. The van der Waals surface area contributed by atoms with Gasteiger partial charge in [0.2, 0.25) is 0 Å². The molecule has 98 valence electrons. The van der Waals surface area contributed by atoms with Crippen molar-refractivity contribution in [3.8, 4) is 11.5 Å². The lowest BCUT2D eigenvalue weighted by Gasteiger charge is -2.20. The van der Waals surface area contributed by atoms with Crippen molar-refractivity contribution in [3.05, 3.63) is 27.7 Å². The Labute approximate surface area is 121 Å². The molecular formula is C14H16BrClO2. The van der Waals surface area contributed by atoms with E-state index in [0.29, 0.717) is 25.0 Å². The van der Waals surface area contributed by atoms with Gasteiger partial charge in [-0.1, -0.05) is 25.5 Å². The highest BCUT2D eigenvalue weighted by Crippen LogP contribution is 2.39. The quantitative estimate of drug-likeness (QED) is 0.759. The second-order valence-corrected chi connectivity index (χ2v) is 5.66. The number of benzene rings is 1. The van der Waals surface area contributed by atoms with E-state index >= 15 is 0 Å². The van der Waals surface area contributed by atoms with Crippen LogP contribution in [0.1, 0.15) is 19.4 Å². The van der Waals surface area contributed by atoms with Crippen LogP contribution in [0.15, 0.2) is 22.2 Å². The Kier molecular flexibility index (Phi) is 4.57. The SMILES string of the molecule is CC(C)C(=Cc1cc(Br)c2c(c1)OCCO2)CCl. The second-order valence-electron chi connectivity index (χ2n) is 4.53. The molecule has 0 atom stereocenters. The van der Waals surface area contributed by atoms with E-state index in [9.17, 15) is 0 Å². The van der Waals surface area contributed by atoms with E-state index in [1.807, 2.05) is 12.1 Å². The van der Waals surface area contributed by atoms with Gasteiger partial charge in [-0.15, -0.1) is 11.6 Å². The summed E-state index contributed by atoms with van der Waals surface area (Å²) >= 11 is 9.47. The molecule has 0 N–H and O–H groups in total. The van der Waals surface area contributed by atoms with Crippen LogP contribution in [0.3, 0.4) is 0 Å². The average Bonchev–Trinajstić information content (AvgIpc) is 2.35. The number of hydrogen-bond acceptors (Lipinski definition) is 2. The van der Waals surface area contributed by atoms with Crippen LogP contribution in [0.4, 0.5) is 0 Å². The van der Waals surface area contributed by atoms with Crippen LogP contribution in [-0.2, 0) is 0 Å². The number of fused-ring (bicyclic) bond motifs is 1. The fourth-order valence-corrected chi connectivity index (χ4v) is 2.75. The van der Waals surface area contributed by atoms with Gasteiger partial charge >= 0.3 is 0 Å². The van der Waals surface area contributed by atoms with E-state index in [4.69, 9.17) is 21.1 Å². The molecule has 0 amide bonds. The Morgan fingerprint density at radius 3 is 2.78 bits per heavy atom. The zero-order valence-corrected chi connectivity index (χ0v) is 12.8. The number of halogens is 2. The second kappa shape index (κ2) is 5.98. The molecule has 4 heteroatoms. The minimum atomic E-state index is 0.439. The van der Waals surface area contributed by atoms with E-state index in [2.05, 4.69) is 35.9 Å². The maximum absolute atomic E-state index is 5.96. The highest BCUT2D eigenvalue weighted by atomic mass is 79.9. The highest BCUT2D eigenvalue weighted by molar-refractivity contribution is 9.10. The van der Waals surface area contributed by atoms with Gasteiger partial charge in [-0.3, -0.25) is 0 Å². The normalized spacial score (nSPS) is 15.1. The van der Waals surface area contributed by atoms with Gasteiger partial charge in [0, 0.05) is 5.88 Å². The van der Waals surface area contributed by atoms with Crippen molar-refractivity contribution < 1.29 is 9.47 Å². The summed E-state index contributed by atoms with van der Waals surface area (Å²) in [7, 11) is 0. The van der Waals surface area contributed by atoms with Crippen LogP contribution in [-0.4, -0.2) is 19.1 Å². The fraction of sp³-hybridized carbons (Fsp3) is 0.429. The Hall–Kier alpha value is -0.670. The predicted octanol–water partition coefficient (Wildman–Crippen LogP) is 4.50. The minimum Gasteiger partial charge on any atom is -0.486 e.